The minimum absolute atomic E-state index is 0.106. The molecule has 0 bridgehead atoms. The number of aromatic nitrogens is 2. The Hall–Kier alpha value is -1.68. The summed E-state index contributed by atoms with van der Waals surface area (Å²) in [4.78, 5) is 32.4. The molecule has 0 saturated heterocycles. The summed E-state index contributed by atoms with van der Waals surface area (Å²) in [5.74, 6) is -1.54. The number of carbonyl (C=O) groups excluding carboxylic acids is 2. The molecule has 0 fully saturated rings. The van der Waals surface area contributed by atoms with Crippen molar-refractivity contribution in [1.29, 1.82) is 0 Å². The van der Waals surface area contributed by atoms with Crippen LogP contribution in [0.4, 0.5) is 5.13 Å². The Balaban J connectivity index is 2.34. The van der Waals surface area contributed by atoms with E-state index in [0.29, 0.717) is 9.47 Å². The molecule has 0 saturated carbocycles. The van der Waals surface area contributed by atoms with Gasteiger partial charge in [0.05, 0.1) is 5.75 Å². The molecule has 1 aromatic rings. The van der Waals surface area contributed by atoms with Gasteiger partial charge >= 0.3 is 5.97 Å². The van der Waals surface area contributed by atoms with Crippen molar-refractivity contribution in [1.82, 2.24) is 15.5 Å². The summed E-state index contributed by atoms with van der Waals surface area (Å²) >= 11 is 2.14. The molecule has 0 radical (unpaired) electrons. The van der Waals surface area contributed by atoms with Gasteiger partial charge in [0.1, 0.15) is 0 Å². The van der Waals surface area contributed by atoms with Crippen molar-refractivity contribution in [2.24, 2.45) is 0 Å². The molecule has 0 aliphatic carbocycles. The molecule has 104 valence electrons. The van der Waals surface area contributed by atoms with Gasteiger partial charge in [-0.25, -0.2) is 0 Å². The molecule has 0 aliphatic rings. The molecule has 19 heavy (non-hydrogen) atoms. The predicted molar refractivity (Wildman–Crippen MR) is 70.2 cm³/mol. The lowest BCUT2D eigenvalue weighted by Crippen LogP contribution is -2.25. The van der Waals surface area contributed by atoms with Crippen molar-refractivity contribution in [3.05, 3.63) is 0 Å². The third-order valence-electron chi connectivity index (χ3n) is 1.70. The molecule has 0 aliphatic heterocycles. The molecule has 0 unspecified atom stereocenters. The van der Waals surface area contributed by atoms with Gasteiger partial charge in [-0.05, 0) is 0 Å². The highest BCUT2D eigenvalue weighted by molar-refractivity contribution is 8.01. The van der Waals surface area contributed by atoms with Gasteiger partial charge in [0, 0.05) is 19.9 Å². The maximum Gasteiger partial charge on any atom is 0.313 e. The third kappa shape index (κ3) is 6.72. The molecule has 1 heterocycles. The van der Waals surface area contributed by atoms with E-state index in [9.17, 15) is 14.4 Å². The highest BCUT2D eigenvalue weighted by atomic mass is 32.2. The van der Waals surface area contributed by atoms with Crippen LogP contribution in [0.3, 0.4) is 0 Å². The minimum atomic E-state index is -0.943. The van der Waals surface area contributed by atoms with Crippen LogP contribution in [0.5, 0.6) is 0 Å². The highest BCUT2D eigenvalue weighted by Gasteiger charge is 2.09. The van der Waals surface area contributed by atoms with E-state index in [-0.39, 0.29) is 30.5 Å². The first-order valence-corrected chi connectivity index (χ1v) is 7.00. The van der Waals surface area contributed by atoms with Crippen LogP contribution in [-0.4, -0.2) is 45.4 Å². The highest BCUT2D eigenvalue weighted by Crippen LogP contribution is 2.25. The van der Waals surface area contributed by atoms with Crippen LogP contribution in [-0.2, 0) is 14.4 Å². The fourth-order valence-electron chi connectivity index (χ4n) is 0.976. The van der Waals surface area contributed by atoms with Gasteiger partial charge in [-0.15, -0.1) is 10.2 Å². The van der Waals surface area contributed by atoms with Crippen LogP contribution < -0.4 is 10.6 Å². The monoisotopic (exact) mass is 304 g/mol. The van der Waals surface area contributed by atoms with Crippen LogP contribution in [0.2, 0.25) is 0 Å². The standard InChI is InChI=1S/C9H12N4O4S2/c1-5(14)10-3-2-6(15)11-8-12-13-9(19-8)18-4-7(16)17/h2-4H2,1H3,(H,10,14)(H,16,17)(H,11,12,15). The number of hydrogen-bond acceptors (Lipinski definition) is 7. The van der Waals surface area contributed by atoms with E-state index in [2.05, 4.69) is 20.8 Å². The number of carboxylic acid groups (broad SMARTS) is 1. The van der Waals surface area contributed by atoms with Crippen LogP contribution in [0.25, 0.3) is 0 Å². The van der Waals surface area contributed by atoms with E-state index in [4.69, 9.17) is 5.11 Å². The van der Waals surface area contributed by atoms with Gasteiger partial charge in [-0.2, -0.15) is 0 Å². The van der Waals surface area contributed by atoms with Crippen LogP contribution in [0.1, 0.15) is 13.3 Å². The number of amides is 2. The largest absolute Gasteiger partial charge is 0.481 e. The van der Waals surface area contributed by atoms with Gasteiger partial charge in [0.2, 0.25) is 16.9 Å². The van der Waals surface area contributed by atoms with E-state index in [0.717, 1.165) is 23.1 Å². The zero-order valence-corrected chi connectivity index (χ0v) is 11.6. The summed E-state index contributed by atoms with van der Waals surface area (Å²) in [5, 5.41) is 21.3. The van der Waals surface area contributed by atoms with Crippen molar-refractivity contribution in [3.63, 3.8) is 0 Å². The second-order valence-corrected chi connectivity index (χ2v) is 5.54. The van der Waals surface area contributed by atoms with Crippen molar-refractivity contribution in [2.75, 3.05) is 17.6 Å². The lowest BCUT2D eigenvalue weighted by Gasteiger charge is -2.01. The second kappa shape index (κ2) is 7.69. The van der Waals surface area contributed by atoms with E-state index >= 15 is 0 Å². The van der Waals surface area contributed by atoms with E-state index in [1.807, 2.05) is 0 Å². The zero-order chi connectivity index (χ0) is 14.3. The Labute approximate surface area is 117 Å². The average molecular weight is 304 g/mol. The minimum Gasteiger partial charge on any atom is -0.481 e. The van der Waals surface area contributed by atoms with Gasteiger partial charge in [0.15, 0.2) is 4.34 Å². The summed E-state index contributed by atoms with van der Waals surface area (Å²) in [6.07, 6.45) is 0.136. The van der Waals surface area contributed by atoms with Gasteiger partial charge in [-0.3, -0.25) is 14.4 Å². The fraction of sp³-hybridized carbons (Fsp3) is 0.444. The van der Waals surface area contributed by atoms with Crippen molar-refractivity contribution in [2.45, 2.75) is 17.7 Å². The normalized spacial score (nSPS) is 9.95. The predicted octanol–water partition coefficient (Wildman–Crippen LogP) is 0.179. The van der Waals surface area contributed by atoms with Gasteiger partial charge < -0.3 is 15.7 Å². The molecule has 10 heteroatoms. The fourth-order valence-corrected chi connectivity index (χ4v) is 2.46. The van der Waals surface area contributed by atoms with E-state index in [1.165, 1.54) is 6.92 Å². The summed E-state index contributed by atoms with van der Waals surface area (Å²) in [6, 6.07) is 0. The van der Waals surface area contributed by atoms with Crippen LogP contribution in [0.15, 0.2) is 4.34 Å². The number of nitrogens with zero attached hydrogens (tertiary/aromatic N) is 2. The molecule has 0 aromatic carbocycles. The maximum absolute atomic E-state index is 11.4. The Morgan fingerprint density at radius 2 is 2.11 bits per heavy atom. The molecular weight excluding hydrogens is 292 g/mol. The molecule has 0 spiro atoms. The Bertz CT molecular complexity index is 477. The summed E-state index contributed by atoms with van der Waals surface area (Å²) < 4.78 is 0.472. The Morgan fingerprint density at radius 3 is 2.74 bits per heavy atom. The zero-order valence-electron chi connectivity index (χ0n) is 10.0. The Morgan fingerprint density at radius 1 is 1.37 bits per heavy atom. The second-order valence-electron chi connectivity index (χ2n) is 3.34. The van der Waals surface area contributed by atoms with Crippen molar-refractivity contribution in [3.8, 4) is 0 Å². The first-order chi connectivity index (χ1) is 8.97. The number of aliphatic carboxylic acids is 1. The van der Waals surface area contributed by atoms with Crippen LogP contribution in [0, 0.1) is 0 Å². The number of carboxylic acids is 1. The molecule has 2 amide bonds. The third-order valence-corrected chi connectivity index (χ3v) is 3.65. The smallest absolute Gasteiger partial charge is 0.313 e. The SMILES string of the molecule is CC(=O)NCCC(=O)Nc1nnc(SCC(=O)O)s1. The maximum atomic E-state index is 11.4. The topological polar surface area (TPSA) is 121 Å². The summed E-state index contributed by atoms with van der Waals surface area (Å²) in [5.41, 5.74) is 0. The average Bonchev–Trinajstić information content (AvgIpc) is 2.73. The summed E-state index contributed by atoms with van der Waals surface area (Å²) in [7, 11) is 0. The molecule has 3 N–H and O–H groups in total. The molecular formula is C9H12N4O4S2. The molecule has 1 rings (SSSR count). The number of nitrogens with one attached hydrogen (secondary N) is 2. The number of rotatable bonds is 7. The first kappa shape index (κ1) is 15.4. The van der Waals surface area contributed by atoms with Crippen molar-refractivity contribution < 1.29 is 19.5 Å². The van der Waals surface area contributed by atoms with Gasteiger partial charge in [-0.1, -0.05) is 23.1 Å². The Kier molecular flexibility index (Phi) is 6.22. The van der Waals surface area contributed by atoms with Crippen LogP contribution >= 0.6 is 23.1 Å². The number of anilines is 1. The van der Waals surface area contributed by atoms with Gasteiger partial charge in [0.25, 0.3) is 0 Å². The number of thioether (sulfide) groups is 1. The molecule has 0 atom stereocenters. The summed E-state index contributed by atoms with van der Waals surface area (Å²) in [6.45, 7) is 1.62. The quantitative estimate of drug-likeness (QED) is 0.485. The number of hydrogen-bond donors (Lipinski definition) is 3. The number of carbonyl (C=O) groups is 3. The lowest BCUT2D eigenvalue weighted by molar-refractivity contribution is -0.134. The lowest BCUT2D eigenvalue weighted by atomic mass is 10.4. The van der Waals surface area contributed by atoms with E-state index in [1.54, 1.807) is 0 Å². The first-order valence-electron chi connectivity index (χ1n) is 5.19. The van der Waals surface area contributed by atoms with Crippen molar-refractivity contribution >= 4 is 46.0 Å². The molecule has 8 nitrogen and oxygen atoms in total. The molecule has 1 aromatic heterocycles. The van der Waals surface area contributed by atoms with E-state index < -0.39 is 5.97 Å².